The predicted octanol–water partition coefficient (Wildman–Crippen LogP) is 3.20. The van der Waals surface area contributed by atoms with Crippen molar-refractivity contribution in [3.63, 3.8) is 0 Å². The van der Waals surface area contributed by atoms with Gasteiger partial charge in [-0.05, 0) is 50.5 Å². The van der Waals surface area contributed by atoms with E-state index < -0.39 is 0 Å². The maximum atomic E-state index is 3.40. The molecule has 1 saturated carbocycles. The van der Waals surface area contributed by atoms with E-state index in [2.05, 4.69) is 40.1 Å². The van der Waals surface area contributed by atoms with Gasteiger partial charge in [0, 0.05) is 6.04 Å². The highest BCUT2D eigenvalue weighted by molar-refractivity contribution is 5.00. The van der Waals surface area contributed by atoms with E-state index in [1.54, 1.807) is 0 Å². The van der Waals surface area contributed by atoms with Gasteiger partial charge in [0.05, 0.1) is 0 Å². The summed E-state index contributed by atoms with van der Waals surface area (Å²) in [4.78, 5) is 0. The van der Waals surface area contributed by atoms with Crippen molar-refractivity contribution in [1.82, 2.24) is 5.32 Å². The van der Waals surface area contributed by atoms with Crippen LogP contribution in [0.1, 0.15) is 53.4 Å². The van der Waals surface area contributed by atoms with Gasteiger partial charge in [-0.2, -0.15) is 0 Å². The van der Waals surface area contributed by atoms with Gasteiger partial charge in [-0.25, -0.2) is 0 Å². The van der Waals surface area contributed by atoms with Crippen molar-refractivity contribution in [2.24, 2.45) is 10.8 Å². The van der Waals surface area contributed by atoms with E-state index in [9.17, 15) is 0 Å². The predicted molar refractivity (Wildman–Crippen MR) is 58.9 cm³/mol. The number of rotatable bonds is 4. The molecule has 78 valence electrons. The third kappa shape index (κ3) is 2.98. The van der Waals surface area contributed by atoms with E-state index in [4.69, 9.17) is 0 Å². The standard InChI is InChI=1S/C12H25N/c1-10(13-5)12(8-9-12)7-6-11(2,3)4/h10,13H,6-9H2,1-5H3. The molecule has 0 aromatic rings. The second-order valence-electron chi connectivity index (χ2n) is 5.93. The Hall–Kier alpha value is -0.0400. The summed E-state index contributed by atoms with van der Waals surface area (Å²) >= 11 is 0. The lowest BCUT2D eigenvalue weighted by Gasteiger charge is -2.27. The fraction of sp³-hybridized carbons (Fsp3) is 1.00. The topological polar surface area (TPSA) is 12.0 Å². The van der Waals surface area contributed by atoms with Gasteiger partial charge in [0.2, 0.25) is 0 Å². The molecule has 0 radical (unpaired) electrons. The highest BCUT2D eigenvalue weighted by Gasteiger charge is 2.46. The quantitative estimate of drug-likeness (QED) is 0.706. The van der Waals surface area contributed by atoms with Crippen molar-refractivity contribution in [2.45, 2.75) is 59.4 Å². The van der Waals surface area contributed by atoms with Gasteiger partial charge in [0.1, 0.15) is 0 Å². The molecule has 0 saturated heterocycles. The third-order valence-corrected chi connectivity index (χ3v) is 3.62. The minimum atomic E-state index is 0.503. The lowest BCUT2D eigenvalue weighted by atomic mass is 9.83. The fourth-order valence-electron chi connectivity index (χ4n) is 1.99. The van der Waals surface area contributed by atoms with Crippen LogP contribution >= 0.6 is 0 Å². The summed E-state index contributed by atoms with van der Waals surface area (Å²) in [5, 5.41) is 3.40. The second kappa shape index (κ2) is 3.61. The van der Waals surface area contributed by atoms with Gasteiger partial charge >= 0.3 is 0 Å². The zero-order valence-corrected chi connectivity index (χ0v) is 9.91. The Morgan fingerprint density at radius 1 is 1.31 bits per heavy atom. The first-order chi connectivity index (χ1) is 5.90. The minimum Gasteiger partial charge on any atom is -0.317 e. The molecule has 1 heteroatoms. The van der Waals surface area contributed by atoms with Gasteiger partial charge in [-0.15, -0.1) is 0 Å². The van der Waals surface area contributed by atoms with E-state index >= 15 is 0 Å². The van der Waals surface area contributed by atoms with Crippen LogP contribution in [0.3, 0.4) is 0 Å². The molecule has 0 aromatic carbocycles. The molecule has 1 nitrogen and oxygen atoms in total. The average molecular weight is 183 g/mol. The van der Waals surface area contributed by atoms with Crippen molar-refractivity contribution in [2.75, 3.05) is 7.05 Å². The van der Waals surface area contributed by atoms with E-state index in [0.29, 0.717) is 16.9 Å². The van der Waals surface area contributed by atoms with Crippen LogP contribution in [0, 0.1) is 10.8 Å². The van der Waals surface area contributed by atoms with E-state index in [1.807, 2.05) is 0 Å². The van der Waals surface area contributed by atoms with Crippen molar-refractivity contribution < 1.29 is 0 Å². The second-order valence-corrected chi connectivity index (χ2v) is 5.93. The molecule has 0 amide bonds. The Morgan fingerprint density at radius 3 is 2.15 bits per heavy atom. The van der Waals surface area contributed by atoms with E-state index in [-0.39, 0.29) is 0 Å². The van der Waals surface area contributed by atoms with Crippen LogP contribution in [0.25, 0.3) is 0 Å². The van der Waals surface area contributed by atoms with Crippen LogP contribution in [-0.4, -0.2) is 13.1 Å². The summed E-state index contributed by atoms with van der Waals surface area (Å²) in [5.41, 5.74) is 1.16. The summed E-state index contributed by atoms with van der Waals surface area (Å²) < 4.78 is 0. The van der Waals surface area contributed by atoms with Crippen LogP contribution in [0.15, 0.2) is 0 Å². The smallest absolute Gasteiger partial charge is 0.00921 e. The molecule has 1 unspecified atom stereocenters. The Kier molecular flexibility index (Phi) is 3.06. The Labute approximate surface area is 83.3 Å². The van der Waals surface area contributed by atoms with Crippen LogP contribution in [0.4, 0.5) is 0 Å². The molecular formula is C12H25N. The molecule has 0 spiro atoms. The van der Waals surface area contributed by atoms with Crippen molar-refractivity contribution >= 4 is 0 Å². The first kappa shape index (κ1) is 11.0. The van der Waals surface area contributed by atoms with Crippen LogP contribution in [-0.2, 0) is 0 Å². The normalized spacial score (nSPS) is 22.8. The Bertz CT molecular complexity index is 162. The van der Waals surface area contributed by atoms with Crippen LogP contribution < -0.4 is 5.32 Å². The number of nitrogens with one attached hydrogen (secondary N) is 1. The molecule has 0 heterocycles. The molecule has 1 fully saturated rings. The molecule has 13 heavy (non-hydrogen) atoms. The van der Waals surface area contributed by atoms with Crippen molar-refractivity contribution in [3.8, 4) is 0 Å². The van der Waals surface area contributed by atoms with E-state index in [0.717, 1.165) is 0 Å². The summed E-state index contributed by atoms with van der Waals surface area (Å²) in [5.74, 6) is 0. The summed E-state index contributed by atoms with van der Waals surface area (Å²) in [7, 11) is 2.09. The maximum absolute atomic E-state index is 3.40. The minimum absolute atomic E-state index is 0.503. The van der Waals surface area contributed by atoms with Crippen molar-refractivity contribution in [3.05, 3.63) is 0 Å². The molecule has 1 aliphatic rings. The lowest BCUT2D eigenvalue weighted by Crippen LogP contribution is -2.32. The fourth-order valence-corrected chi connectivity index (χ4v) is 1.99. The lowest BCUT2D eigenvalue weighted by molar-refractivity contribution is 0.271. The molecule has 1 rings (SSSR count). The summed E-state index contributed by atoms with van der Waals surface area (Å²) in [6.45, 7) is 9.35. The Morgan fingerprint density at radius 2 is 1.85 bits per heavy atom. The molecule has 1 aliphatic carbocycles. The third-order valence-electron chi connectivity index (χ3n) is 3.62. The number of hydrogen-bond acceptors (Lipinski definition) is 1. The molecule has 0 aliphatic heterocycles. The van der Waals surface area contributed by atoms with Crippen LogP contribution in [0.2, 0.25) is 0 Å². The van der Waals surface area contributed by atoms with Gasteiger partial charge in [-0.3, -0.25) is 0 Å². The molecular weight excluding hydrogens is 158 g/mol. The van der Waals surface area contributed by atoms with Gasteiger partial charge in [0.25, 0.3) is 0 Å². The highest BCUT2D eigenvalue weighted by Crippen LogP contribution is 2.53. The van der Waals surface area contributed by atoms with Crippen molar-refractivity contribution in [1.29, 1.82) is 0 Å². The molecule has 0 bridgehead atoms. The molecule has 1 N–H and O–H groups in total. The SMILES string of the molecule is CNC(C)C1(CCC(C)(C)C)CC1. The zero-order chi connectivity index (χ0) is 10.1. The first-order valence-corrected chi connectivity index (χ1v) is 5.57. The molecule has 0 aromatic heterocycles. The monoisotopic (exact) mass is 183 g/mol. The number of hydrogen-bond donors (Lipinski definition) is 1. The Balaban J connectivity index is 2.36. The highest BCUT2D eigenvalue weighted by atomic mass is 14.9. The summed E-state index contributed by atoms with van der Waals surface area (Å²) in [6.07, 6.45) is 5.63. The maximum Gasteiger partial charge on any atom is 0.00921 e. The largest absolute Gasteiger partial charge is 0.317 e. The first-order valence-electron chi connectivity index (χ1n) is 5.57. The van der Waals surface area contributed by atoms with Gasteiger partial charge in [-0.1, -0.05) is 20.8 Å². The van der Waals surface area contributed by atoms with Gasteiger partial charge in [0.15, 0.2) is 0 Å². The van der Waals surface area contributed by atoms with Gasteiger partial charge < -0.3 is 5.32 Å². The summed E-state index contributed by atoms with van der Waals surface area (Å²) in [6, 6.07) is 0.704. The van der Waals surface area contributed by atoms with E-state index in [1.165, 1.54) is 25.7 Å². The average Bonchev–Trinajstić information content (AvgIpc) is 2.79. The molecule has 1 atom stereocenters. The zero-order valence-electron chi connectivity index (χ0n) is 9.91. The van der Waals surface area contributed by atoms with Crippen LogP contribution in [0.5, 0.6) is 0 Å².